The molecule has 0 aromatic carbocycles. The average molecular weight is 310 g/mol. The average Bonchev–Trinajstić information content (AvgIpc) is 2.82. The maximum absolute atomic E-state index is 12.0. The molecule has 124 valence electrons. The fraction of sp³-hybridized carbons (Fsp3) is 0.882. The molecule has 5 heteroatoms. The van der Waals surface area contributed by atoms with Crippen LogP contribution in [0.3, 0.4) is 0 Å². The van der Waals surface area contributed by atoms with Crippen molar-refractivity contribution in [1.82, 2.24) is 0 Å². The number of hydrogen-bond donors (Lipinski definition) is 1. The van der Waals surface area contributed by atoms with Gasteiger partial charge in [-0.1, -0.05) is 13.8 Å². The van der Waals surface area contributed by atoms with Crippen LogP contribution in [0, 0.1) is 29.6 Å². The summed E-state index contributed by atoms with van der Waals surface area (Å²) < 4.78 is 11.4. The number of esters is 2. The first-order valence-corrected chi connectivity index (χ1v) is 8.32. The molecule has 0 unspecified atom stereocenters. The van der Waals surface area contributed by atoms with Crippen LogP contribution in [-0.2, 0) is 19.1 Å². The first kappa shape index (κ1) is 15.8. The first-order valence-electron chi connectivity index (χ1n) is 8.32. The number of fused-ring (bicyclic) bond motifs is 3. The first-order chi connectivity index (χ1) is 10.2. The van der Waals surface area contributed by atoms with Crippen molar-refractivity contribution in [3.8, 4) is 0 Å². The molecule has 0 radical (unpaired) electrons. The molecule has 2 saturated carbocycles. The van der Waals surface area contributed by atoms with Gasteiger partial charge in [0.15, 0.2) is 0 Å². The molecule has 5 nitrogen and oxygen atoms in total. The van der Waals surface area contributed by atoms with Crippen molar-refractivity contribution in [2.24, 2.45) is 29.6 Å². The third-order valence-corrected chi connectivity index (χ3v) is 6.38. The van der Waals surface area contributed by atoms with Gasteiger partial charge in [-0.15, -0.1) is 0 Å². The minimum absolute atomic E-state index is 0.0366. The van der Waals surface area contributed by atoms with E-state index in [9.17, 15) is 14.7 Å². The predicted molar refractivity (Wildman–Crippen MR) is 78.7 cm³/mol. The summed E-state index contributed by atoms with van der Waals surface area (Å²) in [6.45, 7) is 7.35. The van der Waals surface area contributed by atoms with Crippen LogP contribution in [0.2, 0.25) is 0 Å². The quantitative estimate of drug-likeness (QED) is 0.749. The minimum Gasteiger partial charge on any atom is -0.462 e. The van der Waals surface area contributed by atoms with E-state index < -0.39 is 11.7 Å². The van der Waals surface area contributed by atoms with Crippen LogP contribution in [0.25, 0.3) is 0 Å². The zero-order valence-electron chi connectivity index (χ0n) is 13.7. The van der Waals surface area contributed by atoms with E-state index >= 15 is 0 Å². The van der Waals surface area contributed by atoms with Crippen LogP contribution < -0.4 is 0 Å². The Hall–Kier alpha value is -1.10. The second-order valence-electron chi connectivity index (χ2n) is 7.65. The highest BCUT2D eigenvalue weighted by molar-refractivity contribution is 5.75. The molecule has 3 fully saturated rings. The van der Waals surface area contributed by atoms with E-state index in [1.165, 1.54) is 6.92 Å². The summed E-state index contributed by atoms with van der Waals surface area (Å²) in [4.78, 5) is 23.6. The number of rotatable bonds is 1. The summed E-state index contributed by atoms with van der Waals surface area (Å²) in [5.74, 6) is -0.231. The van der Waals surface area contributed by atoms with Crippen molar-refractivity contribution in [3.63, 3.8) is 0 Å². The Morgan fingerprint density at radius 2 is 2.09 bits per heavy atom. The zero-order chi connectivity index (χ0) is 16.2. The molecule has 3 rings (SSSR count). The van der Waals surface area contributed by atoms with Crippen LogP contribution in [0.1, 0.15) is 47.0 Å². The van der Waals surface area contributed by atoms with Crippen molar-refractivity contribution in [2.45, 2.75) is 64.8 Å². The largest absolute Gasteiger partial charge is 0.462 e. The fourth-order valence-electron chi connectivity index (χ4n) is 5.10. The van der Waals surface area contributed by atoms with Crippen LogP contribution in [0.4, 0.5) is 0 Å². The third-order valence-electron chi connectivity index (χ3n) is 6.38. The Labute approximate surface area is 131 Å². The highest BCUT2D eigenvalue weighted by atomic mass is 16.6. The minimum atomic E-state index is -0.585. The van der Waals surface area contributed by atoms with Gasteiger partial charge in [0.1, 0.15) is 11.7 Å². The lowest BCUT2D eigenvalue weighted by molar-refractivity contribution is -0.167. The van der Waals surface area contributed by atoms with Crippen molar-refractivity contribution >= 4 is 11.9 Å². The summed E-state index contributed by atoms with van der Waals surface area (Å²) in [5, 5.41) is 10.4. The molecule has 1 N–H and O–H groups in total. The lowest BCUT2D eigenvalue weighted by atomic mass is 9.75. The number of carbonyl (C=O) groups is 2. The van der Waals surface area contributed by atoms with E-state index in [2.05, 4.69) is 0 Å². The van der Waals surface area contributed by atoms with Gasteiger partial charge >= 0.3 is 11.9 Å². The molecule has 0 aromatic rings. The number of ether oxygens (including phenoxy) is 2. The van der Waals surface area contributed by atoms with Gasteiger partial charge in [0, 0.05) is 24.7 Å². The molecule has 0 amide bonds. The normalized spacial score (nSPS) is 50.8. The van der Waals surface area contributed by atoms with Gasteiger partial charge in [-0.25, -0.2) is 0 Å². The Morgan fingerprint density at radius 3 is 2.73 bits per heavy atom. The number of aliphatic hydroxyl groups is 1. The molecule has 1 aliphatic heterocycles. The molecule has 22 heavy (non-hydrogen) atoms. The van der Waals surface area contributed by atoms with E-state index in [1.54, 1.807) is 0 Å². The summed E-state index contributed by atoms with van der Waals surface area (Å²) in [6, 6.07) is 0. The van der Waals surface area contributed by atoms with Gasteiger partial charge in [0.2, 0.25) is 0 Å². The Bertz CT molecular complexity index is 489. The van der Waals surface area contributed by atoms with E-state index in [-0.39, 0.29) is 47.6 Å². The zero-order valence-corrected chi connectivity index (χ0v) is 13.7. The van der Waals surface area contributed by atoms with Gasteiger partial charge in [-0.3, -0.25) is 9.59 Å². The van der Waals surface area contributed by atoms with Crippen LogP contribution in [0.5, 0.6) is 0 Å². The molecule has 8 atom stereocenters. The number of carbonyl (C=O) groups excluding carboxylic acids is 2. The highest BCUT2D eigenvalue weighted by Gasteiger charge is 2.60. The second kappa shape index (κ2) is 5.22. The molecule has 0 aromatic heterocycles. The lowest BCUT2D eigenvalue weighted by Crippen LogP contribution is -2.43. The highest BCUT2D eigenvalue weighted by Crippen LogP contribution is 2.55. The van der Waals surface area contributed by atoms with Crippen LogP contribution in [0.15, 0.2) is 0 Å². The second-order valence-corrected chi connectivity index (χ2v) is 7.65. The smallest absolute Gasteiger partial charge is 0.309 e. The fourth-order valence-corrected chi connectivity index (χ4v) is 5.10. The predicted octanol–water partition coefficient (Wildman–Crippen LogP) is 1.91. The van der Waals surface area contributed by atoms with E-state index in [0.29, 0.717) is 6.42 Å². The summed E-state index contributed by atoms with van der Waals surface area (Å²) in [5.41, 5.74) is -0.585. The number of hydrogen-bond acceptors (Lipinski definition) is 5. The molecule has 3 aliphatic rings. The summed E-state index contributed by atoms with van der Waals surface area (Å²) in [7, 11) is 0. The number of aliphatic hydroxyl groups excluding tert-OH is 1. The van der Waals surface area contributed by atoms with Gasteiger partial charge in [0.25, 0.3) is 0 Å². The van der Waals surface area contributed by atoms with Crippen molar-refractivity contribution in [2.75, 3.05) is 0 Å². The SMILES string of the molecule is CC(=O)O[C@]1(C)CC[C@@H]2[C@H](OC(=O)[C@H]2C)[C@H]2[C@H](C)[C@H](O)C[C@H]21. The lowest BCUT2D eigenvalue weighted by Gasteiger charge is -2.38. The molecule has 1 heterocycles. The molecular weight excluding hydrogens is 284 g/mol. The Morgan fingerprint density at radius 1 is 1.41 bits per heavy atom. The van der Waals surface area contributed by atoms with Gasteiger partial charge in [-0.05, 0) is 32.1 Å². The van der Waals surface area contributed by atoms with Gasteiger partial charge in [0.05, 0.1) is 12.0 Å². The van der Waals surface area contributed by atoms with Crippen molar-refractivity contribution in [3.05, 3.63) is 0 Å². The molecular formula is C17H26O5. The topological polar surface area (TPSA) is 72.8 Å². The third kappa shape index (κ3) is 2.25. The monoisotopic (exact) mass is 310 g/mol. The van der Waals surface area contributed by atoms with Crippen molar-refractivity contribution in [1.29, 1.82) is 0 Å². The summed E-state index contributed by atoms with van der Waals surface area (Å²) >= 11 is 0. The van der Waals surface area contributed by atoms with E-state index in [0.717, 1.165) is 12.8 Å². The van der Waals surface area contributed by atoms with E-state index in [4.69, 9.17) is 9.47 Å². The molecule has 0 bridgehead atoms. The Balaban J connectivity index is 1.98. The van der Waals surface area contributed by atoms with Crippen LogP contribution in [-0.4, -0.2) is 34.9 Å². The molecule has 0 spiro atoms. The molecule has 2 aliphatic carbocycles. The standard InChI is InChI=1S/C17H26O5/c1-8-11-5-6-17(4,22-10(3)18)12-7-13(19)9(2)14(12)15(11)21-16(8)20/h8-9,11-15,19H,5-7H2,1-4H3/t8-,9+,11-,12+,13+,14-,15-,17+/m0/s1. The maximum atomic E-state index is 12.0. The van der Waals surface area contributed by atoms with E-state index in [1.807, 2.05) is 20.8 Å². The van der Waals surface area contributed by atoms with Gasteiger partial charge < -0.3 is 14.6 Å². The Kier molecular flexibility index (Phi) is 3.75. The molecule has 1 saturated heterocycles. The van der Waals surface area contributed by atoms with Gasteiger partial charge in [-0.2, -0.15) is 0 Å². The summed E-state index contributed by atoms with van der Waals surface area (Å²) in [6.07, 6.45) is 1.55. The van der Waals surface area contributed by atoms with Crippen molar-refractivity contribution < 1.29 is 24.2 Å². The maximum Gasteiger partial charge on any atom is 0.309 e. The van der Waals surface area contributed by atoms with Crippen LogP contribution >= 0.6 is 0 Å².